The molecule has 0 aliphatic heterocycles. The van der Waals surface area contributed by atoms with E-state index in [-0.39, 0.29) is 0 Å². The molecule has 1 atom stereocenters. The number of aliphatic carboxylic acids is 1. The Morgan fingerprint density at radius 2 is 1.91 bits per heavy atom. The second kappa shape index (κ2) is 5.19. The van der Waals surface area contributed by atoms with Gasteiger partial charge in [0.2, 0.25) is 0 Å². The number of carboxylic acid groups (broad SMARTS) is 1. The molecule has 0 saturated carbocycles. The SMILES string of the molecule is Cc1nc2nn(C)cc2cc1-n1nc(C)c(C(C)C(=O)O)c1C. The maximum atomic E-state index is 11.3. The summed E-state index contributed by atoms with van der Waals surface area (Å²) in [4.78, 5) is 15.9. The van der Waals surface area contributed by atoms with Crippen LogP contribution < -0.4 is 0 Å². The van der Waals surface area contributed by atoms with E-state index in [0.29, 0.717) is 5.65 Å². The fraction of sp³-hybridized carbons (Fsp3) is 0.375. The molecule has 23 heavy (non-hydrogen) atoms. The van der Waals surface area contributed by atoms with Crippen molar-refractivity contribution < 1.29 is 9.90 Å². The highest BCUT2D eigenvalue weighted by Crippen LogP contribution is 2.27. The number of hydrogen-bond acceptors (Lipinski definition) is 4. The van der Waals surface area contributed by atoms with Crippen molar-refractivity contribution in [2.24, 2.45) is 7.05 Å². The normalized spacial score (nSPS) is 12.7. The van der Waals surface area contributed by atoms with Crippen molar-refractivity contribution in [3.63, 3.8) is 0 Å². The van der Waals surface area contributed by atoms with Gasteiger partial charge >= 0.3 is 5.97 Å². The summed E-state index contributed by atoms with van der Waals surface area (Å²) >= 11 is 0. The van der Waals surface area contributed by atoms with E-state index in [1.807, 2.05) is 40.1 Å². The number of nitrogens with zero attached hydrogens (tertiary/aromatic N) is 5. The van der Waals surface area contributed by atoms with Gasteiger partial charge in [-0.05, 0) is 33.8 Å². The molecule has 0 spiro atoms. The minimum atomic E-state index is -0.853. The molecule has 7 nitrogen and oxygen atoms in total. The molecule has 0 saturated heterocycles. The Hall–Kier alpha value is -2.70. The van der Waals surface area contributed by atoms with Gasteiger partial charge in [0.25, 0.3) is 0 Å². The van der Waals surface area contributed by atoms with Crippen LogP contribution >= 0.6 is 0 Å². The summed E-state index contributed by atoms with van der Waals surface area (Å²) in [5.74, 6) is -1.45. The third-order valence-electron chi connectivity index (χ3n) is 4.15. The van der Waals surface area contributed by atoms with E-state index in [4.69, 9.17) is 0 Å². The van der Waals surface area contributed by atoms with Gasteiger partial charge in [-0.2, -0.15) is 10.2 Å². The molecule has 120 valence electrons. The Morgan fingerprint density at radius 3 is 2.57 bits per heavy atom. The molecule has 7 heteroatoms. The first-order chi connectivity index (χ1) is 10.8. The zero-order valence-corrected chi connectivity index (χ0v) is 13.8. The summed E-state index contributed by atoms with van der Waals surface area (Å²) in [7, 11) is 1.85. The Balaban J connectivity index is 2.21. The van der Waals surface area contributed by atoms with Crippen LogP contribution in [0.1, 0.15) is 35.5 Å². The lowest BCUT2D eigenvalue weighted by molar-refractivity contribution is -0.138. The zero-order valence-electron chi connectivity index (χ0n) is 13.8. The van der Waals surface area contributed by atoms with Gasteiger partial charge in [-0.1, -0.05) is 0 Å². The van der Waals surface area contributed by atoms with Gasteiger partial charge in [0.05, 0.1) is 23.0 Å². The molecule has 0 aliphatic carbocycles. The van der Waals surface area contributed by atoms with Crippen molar-refractivity contribution in [2.75, 3.05) is 0 Å². The van der Waals surface area contributed by atoms with Crippen LogP contribution in [0.2, 0.25) is 0 Å². The molecule has 0 bridgehead atoms. The summed E-state index contributed by atoms with van der Waals surface area (Å²) < 4.78 is 3.50. The third-order valence-corrected chi connectivity index (χ3v) is 4.15. The molecule has 1 N–H and O–H groups in total. The van der Waals surface area contributed by atoms with Crippen molar-refractivity contribution in [3.8, 4) is 5.69 Å². The lowest BCUT2D eigenvalue weighted by Gasteiger charge is -2.10. The van der Waals surface area contributed by atoms with E-state index in [9.17, 15) is 9.90 Å². The van der Waals surface area contributed by atoms with Crippen LogP contribution in [0, 0.1) is 20.8 Å². The van der Waals surface area contributed by atoms with Gasteiger partial charge in [-0.3, -0.25) is 9.48 Å². The van der Waals surface area contributed by atoms with Crippen LogP contribution in [0.25, 0.3) is 16.7 Å². The quantitative estimate of drug-likeness (QED) is 0.801. The average molecular weight is 313 g/mol. The van der Waals surface area contributed by atoms with Gasteiger partial charge in [-0.25, -0.2) is 9.67 Å². The molecule has 0 aromatic carbocycles. The number of carbonyl (C=O) groups is 1. The molecule has 3 aromatic rings. The van der Waals surface area contributed by atoms with E-state index >= 15 is 0 Å². The molecular weight excluding hydrogens is 294 g/mol. The molecule has 3 aromatic heterocycles. The molecule has 0 radical (unpaired) electrons. The van der Waals surface area contributed by atoms with E-state index in [2.05, 4.69) is 15.2 Å². The van der Waals surface area contributed by atoms with Crippen LogP contribution in [-0.2, 0) is 11.8 Å². The summed E-state index contributed by atoms with van der Waals surface area (Å²) in [6.07, 6.45) is 1.90. The van der Waals surface area contributed by atoms with Crippen molar-refractivity contribution in [1.82, 2.24) is 24.5 Å². The molecule has 3 rings (SSSR count). The first-order valence-corrected chi connectivity index (χ1v) is 7.40. The summed E-state index contributed by atoms with van der Waals surface area (Å²) in [5.41, 5.74) is 4.64. The van der Waals surface area contributed by atoms with Crippen molar-refractivity contribution in [3.05, 3.63) is 34.9 Å². The average Bonchev–Trinajstić information content (AvgIpc) is 2.96. The van der Waals surface area contributed by atoms with Crippen LogP contribution in [0.5, 0.6) is 0 Å². The highest BCUT2D eigenvalue weighted by Gasteiger charge is 2.24. The summed E-state index contributed by atoms with van der Waals surface area (Å²) in [6, 6.07) is 1.99. The highest BCUT2D eigenvalue weighted by molar-refractivity contribution is 5.78. The second-order valence-corrected chi connectivity index (χ2v) is 5.86. The monoisotopic (exact) mass is 313 g/mol. The van der Waals surface area contributed by atoms with Crippen molar-refractivity contribution >= 4 is 17.0 Å². The number of fused-ring (bicyclic) bond motifs is 1. The fourth-order valence-corrected chi connectivity index (χ4v) is 3.01. The Kier molecular flexibility index (Phi) is 3.43. The van der Waals surface area contributed by atoms with Crippen LogP contribution in [0.4, 0.5) is 0 Å². The van der Waals surface area contributed by atoms with Gasteiger partial charge < -0.3 is 5.11 Å². The molecule has 0 fully saturated rings. The summed E-state index contributed by atoms with van der Waals surface area (Å²) in [5, 5.41) is 19.1. The Labute approximate surface area is 133 Å². The first-order valence-electron chi connectivity index (χ1n) is 7.40. The molecule has 1 unspecified atom stereocenters. The maximum Gasteiger partial charge on any atom is 0.310 e. The zero-order chi connectivity index (χ0) is 16.9. The van der Waals surface area contributed by atoms with E-state index in [1.54, 1.807) is 16.3 Å². The lowest BCUT2D eigenvalue weighted by Crippen LogP contribution is -2.10. The lowest BCUT2D eigenvalue weighted by atomic mass is 9.99. The van der Waals surface area contributed by atoms with Crippen molar-refractivity contribution in [2.45, 2.75) is 33.6 Å². The minimum Gasteiger partial charge on any atom is -0.481 e. The summed E-state index contributed by atoms with van der Waals surface area (Å²) in [6.45, 7) is 7.31. The molecule has 0 amide bonds. The first kappa shape index (κ1) is 15.2. The number of aromatic nitrogens is 5. The number of rotatable bonds is 3. The topological polar surface area (TPSA) is 85.8 Å². The Bertz CT molecular complexity index is 922. The van der Waals surface area contributed by atoms with E-state index in [0.717, 1.165) is 33.7 Å². The van der Waals surface area contributed by atoms with Crippen LogP contribution in [-0.4, -0.2) is 35.6 Å². The number of aryl methyl sites for hydroxylation is 3. The molecule has 3 heterocycles. The number of carboxylic acids is 1. The van der Waals surface area contributed by atoms with E-state index in [1.165, 1.54) is 0 Å². The second-order valence-electron chi connectivity index (χ2n) is 5.86. The van der Waals surface area contributed by atoms with Crippen LogP contribution in [0.15, 0.2) is 12.3 Å². The maximum absolute atomic E-state index is 11.3. The highest BCUT2D eigenvalue weighted by atomic mass is 16.4. The van der Waals surface area contributed by atoms with Gasteiger partial charge in [-0.15, -0.1) is 0 Å². The smallest absolute Gasteiger partial charge is 0.310 e. The van der Waals surface area contributed by atoms with Crippen LogP contribution in [0.3, 0.4) is 0 Å². The van der Waals surface area contributed by atoms with Gasteiger partial charge in [0, 0.05) is 29.9 Å². The fourth-order valence-electron chi connectivity index (χ4n) is 3.01. The van der Waals surface area contributed by atoms with Gasteiger partial charge in [0.15, 0.2) is 5.65 Å². The number of hydrogen-bond donors (Lipinski definition) is 1. The predicted molar refractivity (Wildman–Crippen MR) is 85.9 cm³/mol. The van der Waals surface area contributed by atoms with E-state index < -0.39 is 11.9 Å². The molecular formula is C16H19N5O2. The third kappa shape index (κ3) is 2.38. The predicted octanol–water partition coefficient (Wildman–Crippen LogP) is 2.27. The standard InChI is InChI=1S/C16H19N5O2/c1-8(16(22)23)14-10(3)18-21(11(14)4)13-6-12-7-20(5)19-15(12)17-9(13)2/h6-8H,1-5H3,(H,22,23). The van der Waals surface area contributed by atoms with Crippen molar-refractivity contribution in [1.29, 1.82) is 0 Å². The Morgan fingerprint density at radius 1 is 1.22 bits per heavy atom. The minimum absolute atomic E-state index is 0.598. The molecule has 0 aliphatic rings. The largest absolute Gasteiger partial charge is 0.481 e. The number of pyridine rings is 1. The van der Waals surface area contributed by atoms with Gasteiger partial charge in [0.1, 0.15) is 0 Å².